The Hall–Kier alpha value is -2.43. The van der Waals surface area contributed by atoms with Crippen LogP contribution in [-0.4, -0.2) is 34.9 Å². The molecule has 86 heavy (non-hydrogen) atoms. The van der Waals surface area contributed by atoms with E-state index in [-0.39, 0.29) is 12.5 Å². The average molecular weight is 1200 g/mol. The minimum absolute atomic E-state index is 0.0249. The van der Waals surface area contributed by atoms with Gasteiger partial charge in [-0.1, -0.05) is 420 Å². The van der Waals surface area contributed by atoms with Crippen molar-refractivity contribution in [3.63, 3.8) is 0 Å². The number of unbranched alkanes of at least 4 members (excludes halogenated alkanes) is 51. The standard InChI is InChI=1S/C82H151NO3/c1-3-5-7-9-11-13-15-17-19-21-23-25-27-29-31-33-35-37-38-39-40-41-42-43-44-46-48-50-52-54-56-58-60-62-64-66-68-70-72-74-76-78-82(86)83-80(79-84)81(85)77-75-73-71-69-67-65-63-61-59-57-55-53-51-49-47-45-36-34-32-30-28-26-24-22-20-18-16-14-12-10-8-6-4-2/h5,7,11,13,17,19,23,25,29,31,35,37,39-40,80-81,84-85H,3-4,6,8-10,12,14-16,18,20-22,24,26-28,30,32-34,36,38,41-79H2,1-2H3,(H,83,86)/b7-5-,13-11-,19-17-,25-23-,31-29-,37-35-,40-39-. The molecule has 0 fully saturated rings. The number of aliphatic hydroxyl groups is 2. The van der Waals surface area contributed by atoms with Gasteiger partial charge in [0, 0.05) is 6.42 Å². The number of aliphatic hydroxyl groups excluding tert-OH is 2. The van der Waals surface area contributed by atoms with Crippen LogP contribution in [0.4, 0.5) is 0 Å². The van der Waals surface area contributed by atoms with E-state index in [2.05, 4.69) is 104 Å². The molecule has 2 atom stereocenters. The molecule has 4 nitrogen and oxygen atoms in total. The van der Waals surface area contributed by atoms with Gasteiger partial charge in [0.25, 0.3) is 0 Å². The number of amides is 1. The molecule has 0 aliphatic carbocycles. The first-order valence-corrected chi connectivity index (χ1v) is 38.8. The Bertz CT molecular complexity index is 1500. The minimum Gasteiger partial charge on any atom is -0.394 e. The molecule has 0 aromatic heterocycles. The van der Waals surface area contributed by atoms with Gasteiger partial charge in [-0.2, -0.15) is 0 Å². The number of hydrogen-bond acceptors (Lipinski definition) is 3. The fraction of sp³-hybridized carbons (Fsp3) is 0.817. The van der Waals surface area contributed by atoms with Gasteiger partial charge in [0.1, 0.15) is 0 Å². The summed E-state index contributed by atoms with van der Waals surface area (Å²) < 4.78 is 0. The van der Waals surface area contributed by atoms with Gasteiger partial charge in [-0.25, -0.2) is 0 Å². The molecule has 0 spiro atoms. The second kappa shape index (κ2) is 76.8. The zero-order valence-corrected chi connectivity index (χ0v) is 58.1. The fourth-order valence-corrected chi connectivity index (χ4v) is 12.1. The van der Waals surface area contributed by atoms with Crippen LogP contribution in [0.1, 0.15) is 412 Å². The molecule has 0 radical (unpaired) electrons. The highest BCUT2D eigenvalue weighted by atomic mass is 16.3. The van der Waals surface area contributed by atoms with Crippen LogP contribution >= 0.6 is 0 Å². The van der Waals surface area contributed by atoms with Crippen LogP contribution in [-0.2, 0) is 4.79 Å². The molecule has 0 saturated carbocycles. The maximum absolute atomic E-state index is 12.6. The zero-order chi connectivity index (χ0) is 61.9. The predicted molar refractivity (Wildman–Crippen MR) is 387 cm³/mol. The van der Waals surface area contributed by atoms with Crippen molar-refractivity contribution in [3.8, 4) is 0 Å². The normalized spacial score (nSPS) is 13.1. The van der Waals surface area contributed by atoms with Crippen molar-refractivity contribution in [2.45, 2.75) is 424 Å². The molecule has 0 aliphatic heterocycles. The fourth-order valence-electron chi connectivity index (χ4n) is 12.1. The lowest BCUT2D eigenvalue weighted by atomic mass is 10.0. The largest absolute Gasteiger partial charge is 0.394 e. The van der Waals surface area contributed by atoms with Crippen LogP contribution in [0.5, 0.6) is 0 Å². The number of rotatable bonds is 72. The van der Waals surface area contributed by atoms with E-state index in [4.69, 9.17) is 0 Å². The third-order valence-electron chi connectivity index (χ3n) is 17.9. The molecule has 0 aromatic rings. The monoisotopic (exact) mass is 1200 g/mol. The highest BCUT2D eigenvalue weighted by molar-refractivity contribution is 5.76. The Balaban J connectivity index is 3.41. The Morgan fingerprint density at radius 2 is 0.512 bits per heavy atom. The lowest BCUT2D eigenvalue weighted by molar-refractivity contribution is -0.123. The zero-order valence-electron chi connectivity index (χ0n) is 58.1. The molecule has 0 aliphatic rings. The van der Waals surface area contributed by atoms with Crippen molar-refractivity contribution >= 4 is 5.91 Å². The van der Waals surface area contributed by atoms with Crippen LogP contribution in [0.15, 0.2) is 85.1 Å². The van der Waals surface area contributed by atoms with E-state index in [0.717, 1.165) is 70.6 Å². The first kappa shape index (κ1) is 83.6. The topological polar surface area (TPSA) is 69.6 Å². The van der Waals surface area contributed by atoms with Crippen LogP contribution in [0, 0.1) is 0 Å². The van der Waals surface area contributed by atoms with Crippen molar-refractivity contribution in [1.82, 2.24) is 5.32 Å². The lowest BCUT2D eigenvalue weighted by Crippen LogP contribution is -2.45. The molecule has 0 rings (SSSR count). The summed E-state index contributed by atoms with van der Waals surface area (Å²) in [7, 11) is 0. The Labute approximate surface area is 539 Å². The molecule has 2 unspecified atom stereocenters. The summed E-state index contributed by atoms with van der Waals surface area (Å²) in [5.74, 6) is -0.0249. The number of nitrogens with one attached hydrogen (secondary N) is 1. The summed E-state index contributed by atoms with van der Waals surface area (Å²) in [5, 5.41) is 23.5. The summed E-state index contributed by atoms with van der Waals surface area (Å²) in [6.45, 7) is 4.28. The van der Waals surface area contributed by atoms with Gasteiger partial charge in [0.2, 0.25) is 5.91 Å². The molecule has 502 valence electrons. The molecule has 0 heterocycles. The third-order valence-corrected chi connectivity index (χ3v) is 17.9. The van der Waals surface area contributed by atoms with Gasteiger partial charge in [0.15, 0.2) is 0 Å². The van der Waals surface area contributed by atoms with E-state index in [1.165, 1.54) is 315 Å². The molecular formula is C82H151NO3. The van der Waals surface area contributed by atoms with E-state index in [1.54, 1.807) is 0 Å². The molecular weight excluding hydrogens is 1050 g/mol. The van der Waals surface area contributed by atoms with Gasteiger partial charge in [-0.3, -0.25) is 4.79 Å². The number of allylic oxidation sites excluding steroid dienone is 14. The van der Waals surface area contributed by atoms with Crippen LogP contribution in [0.25, 0.3) is 0 Å². The van der Waals surface area contributed by atoms with Crippen molar-refractivity contribution in [3.05, 3.63) is 85.1 Å². The number of carbonyl (C=O) groups excluding carboxylic acids is 1. The first-order chi connectivity index (χ1) is 42.7. The van der Waals surface area contributed by atoms with E-state index >= 15 is 0 Å². The Morgan fingerprint density at radius 3 is 0.767 bits per heavy atom. The Kier molecular flexibility index (Phi) is 74.6. The summed E-state index contributed by atoms with van der Waals surface area (Å²) in [4.78, 5) is 12.6. The molecule has 0 bridgehead atoms. The first-order valence-electron chi connectivity index (χ1n) is 38.8. The van der Waals surface area contributed by atoms with Gasteiger partial charge in [-0.15, -0.1) is 0 Å². The maximum atomic E-state index is 12.6. The third kappa shape index (κ3) is 72.3. The highest BCUT2D eigenvalue weighted by Crippen LogP contribution is 2.20. The van der Waals surface area contributed by atoms with Gasteiger partial charge >= 0.3 is 0 Å². The quantitative estimate of drug-likeness (QED) is 0.0420. The summed E-state index contributed by atoms with van der Waals surface area (Å²) in [5.41, 5.74) is 0. The molecule has 0 saturated heterocycles. The predicted octanol–water partition coefficient (Wildman–Crippen LogP) is 26.9. The molecule has 3 N–H and O–H groups in total. The van der Waals surface area contributed by atoms with Crippen molar-refractivity contribution in [1.29, 1.82) is 0 Å². The number of carbonyl (C=O) groups is 1. The molecule has 4 heteroatoms. The SMILES string of the molecule is CC/C=C\C/C=C\C/C=C\C/C=C\C/C=C\C/C=C\C/C=C\CCCCCCCCCCCCCCCCCCCCCC(=O)NC(CO)C(O)CCCCCCCCCCCCCCCCCCCCCCCCCCCCCCCCCCC. The van der Waals surface area contributed by atoms with E-state index in [9.17, 15) is 15.0 Å². The van der Waals surface area contributed by atoms with Crippen molar-refractivity contribution in [2.24, 2.45) is 0 Å². The highest BCUT2D eigenvalue weighted by Gasteiger charge is 2.20. The molecule has 0 aromatic carbocycles. The summed E-state index contributed by atoms with van der Waals surface area (Å²) in [6.07, 6.45) is 112. The van der Waals surface area contributed by atoms with Gasteiger partial charge < -0.3 is 15.5 Å². The average Bonchev–Trinajstić information content (AvgIpc) is 3.59. The van der Waals surface area contributed by atoms with E-state index in [1.807, 2.05) is 0 Å². The smallest absolute Gasteiger partial charge is 0.220 e. The second-order valence-electron chi connectivity index (χ2n) is 26.4. The number of hydrogen-bond donors (Lipinski definition) is 3. The molecule has 1 amide bonds. The van der Waals surface area contributed by atoms with Crippen molar-refractivity contribution < 1.29 is 15.0 Å². The Morgan fingerprint density at radius 1 is 0.291 bits per heavy atom. The van der Waals surface area contributed by atoms with E-state index in [0.29, 0.717) is 12.8 Å². The van der Waals surface area contributed by atoms with Crippen LogP contribution in [0.3, 0.4) is 0 Å². The summed E-state index contributed by atoms with van der Waals surface area (Å²) in [6, 6.07) is -0.540. The van der Waals surface area contributed by atoms with Crippen LogP contribution < -0.4 is 5.32 Å². The maximum Gasteiger partial charge on any atom is 0.220 e. The van der Waals surface area contributed by atoms with Crippen molar-refractivity contribution in [2.75, 3.05) is 6.61 Å². The van der Waals surface area contributed by atoms with Gasteiger partial charge in [0.05, 0.1) is 18.8 Å². The van der Waals surface area contributed by atoms with E-state index < -0.39 is 12.1 Å². The lowest BCUT2D eigenvalue weighted by Gasteiger charge is -2.22. The second-order valence-corrected chi connectivity index (χ2v) is 26.4. The van der Waals surface area contributed by atoms with Crippen LogP contribution in [0.2, 0.25) is 0 Å². The summed E-state index contributed by atoms with van der Waals surface area (Å²) >= 11 is 0. The minimum atomic E-state index is -0.664. The van der Waals surface area contributed by atoms with Gasteiger partial charge in [-0.05, 0) is 70.6 Å².